The molecule has 0 unspecified atom stereocenters. The zero-order valence-electron chi connectivity index (χ0n) is 12.7. The van der Waals surface area contributed by atoms with E-state index in [2.05, 4.69) is 5.10 Å². The quantitative estimate of drug-likeness (QED) is 0.811. The van der Waals surface area contributed by atoms with Crippen LogP contribution in [0.3, 0.4) is 0 Å². The molecule has 5 nitrogen and oxygen atoms in total. The van der Waals surface area contributed by atoms with E-state index in [4.69, 9.17) is 0 Å². The van der Waals surface area contributed by atoms with Crippen molar-refractivity contribution in [3.8, 4) is 0 Å². The van der Waals surface area contributed by atoms with Gasteiger partial charge in [0.15, 0.2) is 0 Å². The van der Waals surface area contributed by atoms with Crippen molar-refractivity contribution in [2.24, 2.45) is 5.10 Å². The highest BCUT2D eigenvalue weighted by molar-refractivity contribution is 6.32. The number of benzene rings is 2. The maximum Gasteiger partial charge on any atom is 0.280 e. The highest BCUT2D eigenvalue weighted by Gasteiger charge is 2.28. The molecule has 24 heavy (non-hydrogen) atoms. The van der Waals surface area contributed by atoms with Gasteiger partial charge in [-0.15, -0.1) is 0 Å². The van der Waals surface area contributed by atoms with Crippen LogP contribution in [-0.4, -0.2) is 17.6 Å². The molecule has 1 heterocycles. The summed E-state index contributed by atoms with van der Waals surface area (Å²) in [6.07, 6.45) is 1.45. The number of hydrazone groups is 1. The standard InChI is InChI=1S/C18H13FN2O3/c1-11-15(10-13-4-2-3-5-16(13)19)17(22)21(20-11)14-8-6-12(7-9-14)18(23)24/h2-10H,1H3,(H,23,24)/p-1/b15-10+. The van der Waals surface area contributed by atoms with E-state index >= 15 is 0 Å². The van der Waals surface area contributed by atoms with Gasteiger partial charge in [-0.2, -0.15) is 10.1 Å². The molecular weight excluding hydrogens is 311 g/mol. The molecule has 0 aromatic heterocycles. The first-order chi connectivity index (χ1) is 11.5. The second kappa shape index (κ2) is 6.08. The van der Waals surface area contributed by atoms with Crippen LogP contribution in [-0.2, 0) is 4.79 Å². The number of halogens is 1. The molecule has 0 aliphatic carbocycles. The molecule has 120 valence electrons. The number of carboxylic acid groups (broad SMARTS) is 1. The van der Waals surface area contributed by atoms with Crippen LogP contribution in [0.4, 0.5) is 10.1 Å². The number of carbonyl (C=O) groups is 2. The lowest BCUT2D eigenvalue weighted by atomic mass is 10.1. The Balaban J connectivity index is 1.93. The summed E-state index contributed by atoms with van der Waals surface area (Å²) in [6, 6.07) is 11.7. The Hall–Kier alpha value is -3.28. The average Bonchev–Trinajstić information content (AvgIpc) is 2.85. The first kappa shape index (κ1) is 15.6. The maximum atomic E-state index is 13.8. The molecular formula is C18H12FN2O3-. The summed E-state index contributed by atoms with van der Waals surface area (Å²) in [5.74, 6) is -2.13. The molecule has 0 spiro atoms. The van der Waals surface area contributed by atoms with E-state index in [9.17, 15) is 19.1 Å². The summed E-state index contributed by atoms with van der Waals surface area (Å²) in [5.41, 5.74) is 1.45. The highest BCUT2D eigenvalue weighted by atomic mass is 19.1. The van der Waals surface area contributed by atoms with E-state index < -0.39 is 17.7 Å². The fourth-order valence-electron chi connectivity index (χ4n) is 2.35. The van der Waals surface area contributed by atoms with Crippen molar-refractivity contribution in [1.29, 1.82) is 0 Å². The minimum absolute atomic E-state index is 0.00761. The zero-order chi connectivity index (χ0) is 17.3. The number of carbonyl (C=O) groups excluding carboxylic acids is 2. The number of hydrogen-bond acceptors (Lipinski definition) is 4. The third kappa shape index (κ3) is 2.81. The number of hydrogen-bond donors (Lipinski definition) is 0. The van der Waals surface area contributed by atoms with E-state index in [1.807, 2.05) is 0 Å². The normalized spacial score (nSPS) is 15.8. The summed E-state index contributed by atoms with van der Waals surface area (Å²) in [7, 11) is 0. The second-order valence-corrected chi connectivity index (χ2v) is 5.22. The van der Waals surface area contributed by atoms with Gasteiger partial charge in [-0.1, -0.05) is 30.3 Å². The molecule has 0 bridgehead atoms. The number of aromatic carboxylic acids is 1. The summed E-state index contributed by atoms with van der Waals surface area (Å²) < 4.78 is 13.8. The second-order valence-electron chi connectivity index (χ2n) is 5.22. The van der Waals surface area contributed by atoms with Gasteiger partial charge in [-0.05, 0) is 36.8 Å². The summed E-state index contributed by atoms with van der Waals surface area (Å²) >= 11 is 0. The predicted octanol–water partition coefficient (Wildman–Crippen LogP) is 2.00. The number of anilines is 1. The SMILES string of the molecule is CC1=NN(c2ccc(C(=O)[O-])cc2)C(=O)/C1=C/c1ccccc1F. The number of amides is 1. The van der Waals surface area contributed by atoms with Crippen LogP contribution in [0.15, 0.2) is 59.2 Å². The van der Waals surface area contributed by atoms with E-state index in [-0.39, 0.29) is 11.1 Å². The van der Waals surface area contributed by atoms with Gasteiger partial charge >= 0.3 is 0 Å². The first-order valence-electron chi connectivity index (χ1n) is 7.15. The molecule has 0 radical (unpaired) electrons. The number of carboxylic acids is 1. The van der Waals surface area contributed by atoms with Crippen LogP contribution >= 0.6 is 0 Å². The molecule has 3 rings (SSSR count). The van der Waals surface area contributed by atoms with E-state index in [1.165, 1.54) is 36.4 Å². The van der Waals surface area contributed by atoms with Crippen LogP contribution in [0.1, 0.15) is 22.8 Å². The van der Waals surface area contributed by atoms with Crippen molar-refractivity contribution in [1.82, 2.24) is 0 Å². The highest BCUT2D eigenvalue weighted by Crippen LogP contribution is 2.25. The fraction of sp³-hybridized carbons (Fsp3) is 0.0556. The number of rotatable bonds is 3. The molecule has 0 atom stereocenters. The van der Waals surface area contributed by atoms with Gasteiger partial charge in [0.1, 0.15) is 5.82 Å². The van der Waals surface area contributed by atoms with Gasteiger partial charge in [0, 0.05) is 5.56 Å². The maximum absolute atomic E-state index is 13.8. The van der Waals surface area contributed by atoms with Gasteiger partial charge in [0.25, 0.3) is 5.91 Å². The van der Waals surface area contributed by atoms with Crippen molar-refractivity contribution < 1.29 is 19.1 Å². The molecule has 1 aliphatic heterocycles. The zero-order valence-corrected chi connectivity index (χ0v) is 12.7. The van der Waals surface area contributed by atoms with Gasteiger partial charge in [0.2, 0.25) is 0 Å². The van der Waals surface area contributed by atoms with Gasteiger partial charge in [-0.25, -0.2) is 4.39 Å². The topological polar surface area (TPSA) is 72.8 Å². The van der Waals surface area contributed by atoms with Crippen LogP contribution in [0.5, 0.6) is 0 Å². The Morgan fingerprint density at radius 1 is 1.17 bits per heavy atom. The van der Waals surface area contributed by atoms with Gasteiger partial charge in [0.05, 0.1) is 22.9 Å². The predicted molar refractivity (Wildman–Crippen MR) is 85.7 cm³/mol. The van der Waals surface area contributed by atoms with E-state index in [0.29, 0.717) is 17.0 Å². The van der Waals surface area contributed by atoms with Crippen LogP contribution in [0.2, 0.25) is 0 Å². The third-order valence-electron chi connectivity index (χ3n) is 3.62. The molecule has 0 N–H and O–H groups in total. The Morgan fingerprint density at radius 2 is 1.83 bits per heavy atom. The molecule has 0 saturated heterocycles. The monoisotopic (exact) mass is 323 g/mol. The molecule has 0 fully saturated rings. The minimum Gasteiger partial charge on any atom is -0.545 e. The molecule has 2 aromatic rings. The van der Waals surface area contributed by atoms with Crippen molar-refractivity contribution in [3.63, 3.8) is 0 Å². The molecule has 6 heteroatoms. The Morgan fingerprint density at radius 3 is 2.46 bits per heavy atom. The summed E-state index contributed by atoms with van der Waals surface area (Å²) in [4.78, 5) is 23.3. The first-order valence-corrected chi connectivity index (χ1v) is 7.15. The smallest absolute Gasteiger partial charge is 0.280 e. The van der Waals surface area contributed by atoms with Gasteiger partial charge < -0.3 is 9.90 Å². The lowest BCUT2D eigenvalue weighted by molar-refractivity contribution is -0.255. The Bertz CT molecular complexity index is 885. The Kier molecular flexibility index (Phi) is 3.95. The number of nitrogens with zero attached hydrogens (tertiary/aromatic N) is 2. The summed E-state index contributed by atoms with van der Waals surface area (Å²) in [5, 5.41) is 16.1. The largest absolute Gasteiger partial charge is 0.545 e. The third-order valence-corrected chi connectivity index (χ3v) is 3.62. The fourth-order valence-corrected chi connectivity index (χ4v) is 2.35. The van der Waals surface area contributed by atoms with Crippen LogP contribution in [0, 0.1) is 5.82 Å². The van der Waals surface area contributed by atoms with Gasteiger partial charge in [-0.3, -0.25) is 4.79 Å². The average molecular weight is 323 g/mol. The molecule has 1 aliphatic rings. The van der Waals surface area contributed by atoms with Crippen molar-refractivity contribution >= 4 is 29.4 Å². The van der Waals surface area contributed by atoms with Crippen LogP contribution < -0.4 is 10.1 Å². The molecule has 2 aromatic carbocycles. The lowest BCUT2D eigenvalue weighted by Crippen LogP contribution is -2.23. The van der Waals surface area contributed by atoms with E-state index in [1.54, 1.807) is 25.1 Å². The molecule has 0 saturated carbocycles. The van der Waals surface area contributed by atoms with Crippen LogP contribution in [0.25, 0.3) is 6.08 Å². The van der Waals surface area contributed by atoms with Crippen molar-refractivity contribution in [2.45, 2.75) is 6.92 Å². The molecule has 1 amide bonds. The summed E-state index contributed by atoms with van der Waals surface area (Å²) in [6.45, 7) is 1.65. The van der Waals surface area contributed by atoms with Crippen molar-refractivity contribution in [2.75, 3.05) is 5.01 Å². The Labute approximate surface area is 137 Å². The minimum atomic E-state index is -1.30. The lowest BCUT2D eigenvalue weighted by Gasteiger charge is -2.12. The van der Waals surface area contributed by atoms with Crippen molar-refractivity contribution in [3.05, 3.63) is 71.0 Å². The van der Waals surface area contributed by atoms with E-state index in [0.717, 1.165) is 5.01 Å².